The topological polar surface area (TPSA) is 56.8 Å². The van der Waals surface area contributed by atoms with E-state index in [9.17, 15) is 0 Å². The van der Waals surface area contributed by atoms with Gasteiger partial charge in [0.15, 0.2) is 5.65 Å². The van der Waals surface area contributed by atoms with E-state index in [0.717, 1.165) is 36.5 Å². The summed E-state index contributed by atoms with van der Waals surface area (Å²) in [7, 11) is 2.15. The quantitative estimate of drug-likeness (QED) is 0.773. The molecule has 0 radical (unpaired) electrons. The Bertz CT molecular complexity index is 883. The van der Waals surface area contributed by atoms with Crippen LogP contribution in [0.2, 0.25) is 0 Å². The van der Waals surface area contributed by atoms with Gasteiger partial charge < -0.3 is 15.2 Å². The maximum absolute atomic E-state index is 4.62. The number of fused-ring (bicyclic) bond motifs is 2. The van der Waals surface area contributed by atoms with Crippen LogP contribution in [0.15, 0.2) is 30.5 Å². The van der Waals surface area contributed by atoms with E-state index in [-0.39, 0.29) is 6.04 Å². The van der Waals surface area contributed by atoms with E-state index in [1.807, 2.05) is 13.1 Å². The Morgan fingerprint density at radius 2 is 2.17 bits per heavy atom. The minimum atomic E-state index is 0.257. The number of anilines is 1. The zero-order chi connectivity index (χ0) is 16.7. The van der Waals surface area contributed by atoms with E-state index >= 15 is 0 Å². The average molecular weight is 321 g/mol. The second-order valence-electron chi connectivity index (χ2n) is 6.64. The Balaban J connectivity index is 1.63. The Hall–Kier alpha value is -2.40. The molecule has 1 unspecified atom stereocenters. The Morgan fingerprint density at radius 3 is 3.00 bits per heavy atom. The number of pyridine rings is 1. The first-order valence-corrected chi connectivity index (χ1v) is 8.52. The fraction of sp³-hybridized carbons (Fsp3) is 0.368. The van der Waals surface area contributed by atoms with Gasteiger partial charge in [-0.3, -0.25) is 0 Å². The fourth-order valence-electron chi connectivity index (χ4n) is 3.45. The van der Waals surface area contributed by atoms with Gasteiger partial charge in [0.05, 0.1) is 6.04 Å². The van der Waals surface area contributed by atoms with Crippen LogP contribution in [0.25, 0.3) is 11.2 Å². The lowest BCUT2D eigenvalue weighted by atomic mass is 10.0. The molecule has 0 fully saturated rings. The highest BCUT2D eigenvalue weighted by molar-refractivity contribution is 5.77. The molecule has 0 aliphatic carbocycles. The van der Waals surface area contributed by atoms with Gasteiger partial charge in [0.25, 0.3) is 0 Å². The third-order valence-electron chi connectivity index (χ3n) is 4.83. The molecule has 124 valence electrons. The Labute approximate surface area is 142 Å². The third kappa shape index (κ3) is 2.65. The number of aromatic nitrogens is 3. The van der Waals surface area contributed by atoms with E-state index in [2.05, 4.69) is 63.4 Å². The highest BCUT2D eigenvalue weighted by atomic mass is 15.1. The second-order valence-corrected chi connectivity index (χ2v) is 6.64. The number of imidazole rings is 1. The number of hydrogen-bond acceptors (Lipinski definition) is 4. The van der Waals surface area contributed by atoms with Gasteiger partial charge >= 0.3 is 0 Å². The van der Waals surface area contributed by atoms with Gasteiger partial charge in [-0.25, -0.2) is 9.97 Å². The average Bonchev–Trinajstić information content (AvgIpc) is 3.15. The molecule has 3 heterocycles. The van der Waals surface area contributed by atoms with Gasteiger partial charge in [-0.15, -0.1) is 0 Å². The highest BCUT2D eigenvalue weighted by Crippen LogP contribution is 2.36. The summed E-state index contributed by atoms with van der Waals surface area (Å²) in [5, 5.41) is 3.65. The minimum absolute atomic E-state index is 0.257. The molecule has 24 heavy (non-hydrogen) atoms. The molecule has 3 aromatic rings. The van der Waals surface area contributed by atoms with Crippen molar-refractivity contribution in [2.45, 2.75) is 32.9 Å². The van der Waals surface area contributed by atoms with Gasteiger partial charge in [0, 0.05) is 24.0 Å². The molecule has 2 aromatic heterocycles. The van der Waals surface area contributed by atoms with Crippen molar-refractivity contribution in [1.82, 2.24) is 19.9 Å². The Morgan fingerprint density at radius 1 is 1.29 bits per heavy atom. The predicted molar refractivity (Wildman–Crippen MR) is 97.1 cm³/mol. The van der Waals surface area contributed by atoms with Crippen molar-refractivity contribution < 1.29 is 0 Å². The number of aryl methyl sites for hydroxylation is 1. The molecule has 1 aliphatic heterocycles. The highest BCUT2D eigenvalue weighted by Gasteiger charge is 2.25. The maximum Gasteiger partial charge on any atom is 0.157 e. The van der Waals surface area contributed by atoms with E-state index in [1.54, 1.807) is 0 Å². The van der Waals surface area contributed by atoms with Crippen LogP contribution in [0.5, 0.6) is 0 Å². The molecule has 5 heteroatoms. The molecule has 5 nitrogen and oxygen atoms in total. The number of rotatable bonds is 4. The molecule has 0 saturated carbocycles. The van der Waals surface area contributed by atoms with Crippen molar-refractivity contribution in [3.63, 3.8) is 0 Å². The first kappa shape index (κ1) is 15.1. The van der Waals surface area contributed by atoms with Crippen LogP contribution in [0, 0.1) is 6.92 Å². The largest absolute Gasteiger partial charge is 0.378 e. The number of hydrogen-bond donors (Lipinski definition) is 2. The normalized spacial score (nSPS) is 16.6. The third-order valence-corrected chi connectivity index (χ3v) is 4.83. The molecule has 1 aliphatic rings. The van der Waals surface area contributed by atoms with E-state index in [4.69, 9.17) is 0 Å². The Kier molecular flexibility index (Phi) is 3.73. The van der Waals surface area contributed by atoms with E-state index in [0.29, 0.717) is 0 Å². The van der Waals surface area contributed by atoms with Gasteiger partial charge in [-0.2, -0.15) is 0 Å². The molecule has 0 amide bonds. The molecule has 1 atom stereocenters. The molecule has 2 N–H and O–H groups in total. The predicted octanol–water partition coefficient (Wildman–Crippen LogP) is 3.43. The van der Waals surface area contributed by atoms with Crippen LogP contribution in [0.1, 0.15) is 35.5 Å². The molecule has 0 spiro atoms. The van der Waals surface area contributed by atoms with Gasteiger partial charge in [-0.1, -0.05) is 19.1 Å². The van der Waals surface area contributed by atoms with Crippen molar-refractivity contribution in [3.8, 4) is 0 Å². The summed E-state index contributed by atoms with van der Waals surface area (Å²) in [6.07, 6.45) is 2.85. The summed E-state index contributed by atoms with van der Waals surface area (Å²) in [6, 6.07) is 9.11. The molecule has 0 bridgehead atoms. The van der Waals surface area contributed by atoms with Crippen molar-refractivity contribution in [2.24, 2.45) is 0 Å². The van der Waals surface area contributed by atoms with E-state index < -0.39 is 0 Å². The van der Waals surface area contributed by atoms with Crippen LogP contribution in [-0.2, 0) is 13.0 Å². The first-order chi connectivity index (χ1) is 11.6. The number of benzene rings is 1. The summed E-state index contributed by atoms with van der Waals surface area (Å²) < 4.78 is 0. The summed E-state index contributed by atoms with van der Waals surface area (Å²) in [5.74, 6) is 0.908. The molecular weight excluding hydrogens is 298 g/mol. The summed E-state index contributed by atoms with van der Waals surface area (Å²) >= 11 is 0. The summed E-state index contributed by atoms with van der Waals surface area (Å²) in [6.45, 7) is 6.21. The monoisotopic (exact) mass is 321 g/mol. The molecule has 4 rings (SSSR count). The summed E-state index contributed by atoms with van der Waals surface area (Å²) in [4.78, 5) is 14.6. The second kappa shape index (κ2) is 5.91. The maximum atomic E-state index is 4.62. The van der Waals surface area contributed by atoms with Crippen LogP contribution in [-0.4, -0.2) is 33.4 Å². The van der Waals surface area contributed by atoms with E-state index in [1.165, 1.54) is 22.4 Å². The summed E-state index contributed by atoms with van der Waals surface area (Å²) in [5.41, 5.74) is 7.06. The van der Waals surface area contributed by atoms with Crippen LogP contribution in [0.3, 0.4) is 0 Å². The number of aromatic amines is 1. The van der Waals surface area contributed by atoms with Crippen LogP contribution >= 0.6 is 0 Å². The standard InChI is InChI=1S/C19H23N5/c1-4-24(3)11-13-5-6-16-14(9-13)10-17(23-16)15-7-8-20-19-18(15)21-12(2)22-19/h5-9,17,23H,4,10-11H2,1-3H3,(H,20,21,22). The first-order valence-electron chi connectivity index (χ1n) is 8.52. The van der Waals surface area contributed by atoms with Gasteiger partial charge in [0.2, 0.25) is 0 Å². The van der Waals surface area contributed by atoms with Gasteiger partial charge in [-0.05, 0) is 50.2 Å². The SMILES string of the molecule is CCN(C)Cc1ccc2c(c1)CC(c1ccnc3[nH]c(C)nc13)N2. The molecule has 0 saturated heterocycles. The van der Waals surface area contributed by atoms with Crippen LogP contribution < -0.4 is 5.32 Å². The molecule has 1 aromatic carbocycles. The molecular formula is C19H23N5. The fourth-order valence-corrected chi connectivity index (χ4v) is 3.45. The lowest BCUT2D eigenvalue weighted by molar-refractivity contribution is 0.345. The van der Waals surface area contributed by atoms with Crippen molar-refractivity contribution in [3.05, 3.63) is 53.0 Å². The van der Waals surface area contributed by atoms with Crippen LogP contribution in [0.4, 0.5) is 5.69 Å². The van der Waals surface area contributed by atoms with Crippen molar-refractivity contribution >= 4 is 16.9 Å². The minimum Gasteiger partial charge on any atom is -0.378 e. The lowest BCUT2D eigenvalue weighted by Crippen LogP contribution is -2.16. The number of nitrogens with zero attached hydrogens (tertiary/aromatic N) is 3. The lowest BCUT2D eigenvalue weighted by Gasteiger charge is -2.14. The zero-order valence-electron chi connectivity index (χ0n) is 14.4. The number of H-pyrrole nitrogens is 1. The van der Waals surface area contributed by atoms with Crippen molar-refractivity contribution in [1.29, 1.82) is 0 Å². The van der Waals surface area contributed by atoms with Crippen molar-refractivity contribution in [2.75, 3.05) is 18.9 Å². The zero-order valence-corrected chi connectivity index (χ0v) is 14.4. The smallest absolute Gasteiger partial charge is 0.157 e. The number of nitrogens with one attached hydrogen (secondary N) is 2. The van der Waals surface area contributed by atoms with Gasteiger partial charge in [0.1, 0.15) is 11.3 Å².